The smallest absolute Gasteiger partial charge is 0.317 e. The number of nitrogens with one attached hydrogen (secondary N) is 2. The highest BCUT2D eigenvalue weighted by Crippen LogP contribution is 2.29. The largest absolute Gasteiger partial charge is 0.334 e. The fourth-order valence-electron chi connectivity index (χ4n) is 5.23. The molecule has 5 heteroatoms. The van der Waals surface area contributed by atoms with Crippen LogP contribution in [0.25, 0.3) is 0 Å². The van der Waals surface area contributed by atoms with Crippen LogP contribution < -0.4 is 10.6 Å². The van der Waals surface area contributed by atoms with Crippen molar-refractivity contribution in [2.45, 2.75) is 63.5 Å². The average molecular weight is 385 g/mol. The van der Waals surface area contributed by atoms with E-state index in [1.807, 2.05) is 4.90 Å². The number of nitrogens with zero attached hydrogens (tertiary/aromatic N) is 2. The molecule has 3 fully saturated rings. The molecular weight excluding hydrogens is 348 g/mol. The van der Waals surface area contributed by atoms with E-state index in [0.717, 1.165) is 58.5 Å². The first-order valence-corrected chi connectivity index (χ1v) is 11.3. The second-order valence-electron chi connectivity index (χ2n) is 8.87. The van der Waals surface area contributed by atoms with Gasteiger partial charge in [-0.3, -0.25) is 4.90 Å². The Bertz CT molecular complexity index is 633. The number of urea groups is 1. The molecule has 2 atom stereocenters. The summed E-state index contributed by atoms with van der Waals surface area (Å²) in [6.45, 7) is 8.24. The molecule has 2 heterocycles. The van der Waals surface area contributed by atoms with Crippen LogP contribution in [0, 0.1) is 6.92 Å². The van der Waals surface area contributed by atoms with E-state index < -0.39 is 0 Å². The Morgan fingerprint density at radius 3 is 2.36 bits per heavy atom. The first-order chi connectivity index (χ1) is 13.7. The predicted molar refractivity (Wildman–Crippen MR) is 114 cm³/mol. The van der Waals surface area contributed by atoms with Crippen LogP contribution in [-0.2, 0) is 0 Å². The summed E-state index contributed by atoms with van der Waals surface area (Å²) >= 11 is 0. The Hall–Kier alpha value is -1.59. The van der Waals surface area contributed by atoms with Crippen molar-refractivity contribution < 1.29 is 4.79 Å². The maximum atomic E-state index is 13.0. The average Bonchev–Trinajstić information content (AvgIpc) is 2.75. The van der Waals surface area contributed by atoms with Gasteiger partial charge in [-0.05, 0) is 44.1 Å². The molecule has 4 rings (SSSR count). The van der Waals surface area contributed by atoms with E-state index >= 15 is 0 Å². The van der Waals surface area contributed by atoms with E-state index in [9.17, 15) is 4.79 Å². The van der Waals surface area contributed by atoms with E-state index in [1.54, 1.807) is 0 Å². The van der Waals surface area contributed by atoms with Gasteiger partial charge < -0.3 is 15.5 Å². The van der Waals surface area contributed by atoms with Gasteiger partial charge in [0.2, 0.25) is 0 Å². The van der Waals surface area contributed by atoms with Crippen molar-refractivity contribution in [3.05, 3.63) is 35.4 Å². The number of piperidine rings is 1. The molecule has 0 aromatic heterocycles. The lowest BCUT2D eigenvalue weighted by atomic mass is 9.88. The lowest BCUT2D eigenvalue weighted by molar-refractivity contribution is 0.104. The van der Waals surface area contributed by atoms with E-state index in [0.29, 0.717) is 18.0 Å². The SMILES string of the molecule is Cc1ccc(C2CCN(C(=O)N[C@H]3CCCC[C@@H]3N3CCNCC3)CC2)cc1. The minimum atomic E-state index is 0.161. The molecule has 28 heavy (non-hydrogen) atoms. The van der Waals surface area contributed by atoms with Gasteiger partial charge in [0.1, 0.15) is 0 Å². The zero-order chi connectivity index (χ0) is 19.3. The van der Waals surface area contributed by atoms with Crippen molar-refractivity contribution in [2.75, 3.05) is 39.3 Å². The van der Waals surface area contributed by atoms with Crippen LogP contribution in [0.1, 0.15) is 55.6 Å². The molecule has 1 aromatic carbocycles. The minimum absolute atomic E-state index is 0.161. The van der Waals surface area contributed by atoms with Crippen molar-refractivity contribution >= 4 is 6.03 Å². The third-order valence-electron chi connectivity index (χ3n) is 6.99. The van der Waals surface area contributed by atoms with Gasteiger partial charge in [-0.25, -0.2) is 4.79 Å². The van der Waals surface area contributed by atoms with Gasteiger partial charge in [-0.15, -0.1) is 0 Å². The molecule has 1 aromatic rings. The zero-order valence-electron chi connectivity index (χ0n) is 17.3. The van der Waals surface area contributed by atoms with Crippen molar-refractivity contribution in [3.8, 4) is 0 Å². The summed E-state index contributed by atoms with van der Waals surface area (Å²) in [5.74, 6) is 0.591. The van der Waals surface area contributed by atoms with Gasteiger partial charge in [0.05, 0.1) is 0 Å². The van der Waals surface area contributed by atoms with Crippen molar-refractivity contribution in [1.29, 1.82) is 0 Å². The van der Waals surface area contributed by atoms with Crippen molar-refractivity contribution in [3.63, 3.8) is 0 Å². The van der Waals surface area contributed by atoms with Crippen LogP contribution in [0.2, 0.25) is 0 Å². The van der Waals surface area contributed by atoms with Crippen LogP contribution in [0.4, 0.5) is 4.79 Å². The van der Waals surface area contributed by atoms with E-state index in [1.165, 1.54) is 30.4 Å². The zero-order valence-corrected chi connectivity index (χ0v) is 17.3. The minimum Gasteiger partial charge on any atom is -0.334 e. The topological polar surface area (TPSA) is 47.6 Å². The summed E-state index contributed by atoms with van der Waals surface area (Å²) < 4.78 is 0. The summed E-state index contributed by atoms with van der Waals surface area (Å²) in [5.41, 5.74) is 2.74. The molecule has 3 aliphatic rings. The first-order valence-electron chi connectivity index (χ1n) is 11.3. The predicted octanol–water partition coefficient (Wildman–Crippen LogP) is 3.10. The molecule has 0 spiro atoms. The number of carbonyl (C=O) groups excluding carboxylic acids is 1. The molecule has 5 nitrogen and oxygen atoms in total. The van der Waals surface area contributed by atoms with Gasteiger partial charge in [-0.1, -0.05) is 42.7 Å². The lowest BCUT2D eigenvalue weighted by Gasteiger charge is -2.43. The Labute approximate surface area is 169 Å². The molecule has 2 N–H and O–H groups in total. The van der Waals surface area contributed by atoms with Crippen LogP contribution in [0.3, 0.4) is 0 Å². The normalized spacial score (nSPS) is 27.5. The molecule has 2 amide bonds. The fourth-order valence-corrected chi connectivity index (χ4v) is 5.23. The third kappa shape index (κ3) is 4.69. The molecule has 2 aliphatic heterocycles. The molecule has 0 unspecified atom stereocenters. The first kappa shape index (κ1) is 19.7. The number of piperazine rings is 1. The standard InChI is InChI=1S/C23H36N4O/c1-18-6-8-19(9-7-18)20-10-14-27(15-11-20)23(28)25-21-4-2-3-5-22(21)26-16-12-24-13-17-26/h6-9,20-22,24H,2-5,10-17H2,1H3,(H,25,28)/t21-,22-/m0/s1. The maximum absolute atomic E-state index is 13.0. The number of benzene rings is 1. The van der Waals surface area contributed by atoms with Crippen LogP contribution in [0.15, 0.2) is 24.3 Å². The number of aryl methyl sites for hydroxylation is 1. The van der Waals surface area contributed by atoms with E-state index in [-0.39, 0.29) is 6.03 Å². The monoisotopic (exact) mass is 384 g/mol. The number of hydrogen-bond donors (Lipinski definition) is 2. The van der Waals surface area contributed by atoms with Crippen LogP contribution in [-0.4, -0.2) is 67.2 Å². The molecule has 1 saturated carbocycles. The number of hydrogen-bond acceptors (Lipinski definition) is 3. The van der Waals surface area contributed by atoms with Gasteiger partial charge in [0, 0.05) is 51.4 Å². The van der Waals surface area contributed by atoms with E-state index in [4.69, 9.17) is 0 Å². The van der Waals surface area contributed by atoms with Gasteiger partial charge in [-0.2, -0.15) is 0 Å². The Morgan fingerprint density at radius 1 is 0.964 bits per heavy atom. The number of rotatable bonds is 3. The highest BCUT2D eigenvalue weighted by Gasteiger charge is 2.33. The third-order valence-corrected chi connectivity index (χ3v) is 6.99. The van der Waals surface area contributed by atoms with Gasteiger partial charge in [0.25, 0.3) is 0 Å². The molecular formula is C23H36N4O. The quantitative estimate of drug-likeness (QED) is 0.842. The summed E-state index contributed by atoms with van der Waals surface area (Å²) in [7, 11) is 0. The molecule has 2 saturated heterocycles. The van der Waals surface area contributed by atoms with Crippen molar-refractivity contribution in [1.82, 2.24) is 20.4 Å². The van der Waals surface area contributed by atoms with Crippen LogP contribution >= 0.6 is 0 Å². The van der Waals surface area contributed by atoms with Crippen molar-refractivity contribution in [2.24, 2.45) is 0 Å². The van der Waals surface area contributed by atoms with Gasteiger partial charge >= 0.3 is 6.03 Å². The fraction of sp³-hybridized carbons (Fsp3) is 0.696. The second kappa shape index (κ2) is 9.27. The molecule has 0 radical (unpaired) electrons. The summed E-state index contributed by atoms with van der Waals surface area (Å²) in [6.07, 6.45) is 7.03. The second-order valence-corrected chi connectivity index (χ2v) is 8.87. The highest BCUT2D eigenvalue weighted by atomic mass is 16.2. The number of likely N-dealkylation sites (tertiary alicyclic amines) is 1. The highest BCUT2D eigenvalue weighted by molar-refractivity contribution is 5.74. The number of amides is 2. The number of carbonyl (C=O) groups is 1. The molecule has 0 bridgehead atoms. The molecule has 154 valence electrons. The summed E-state index contributed by atoms with van der Waals surface area (Å²) in [4.78, 5) is 17.6. The lowest BCUT2D eigenvalue weighted by Crippen LogP contribution is -2.59. The van der Waals surface area contributed by atoms with Gasteiger partial charge in [0.15, 0.2) is 0 Å². The summed E-state index contributed by atoms with van der Waals surface area (Å²) in [5, 5.41) is 6.87. The Balaban J connectivity index is 1.30. The van der Waals surface area contributed by atoms with E-state index in [2.05, 4.69) is 46.7 Å². The molecule has 1 aliphatic carbocycles. The van der Waals surface area contributed by atoms with Crippen LogP contribution in [0.5, 0.6) is 0 Å². The Morgan fingerprint density at radius 2 is 1.64 bits per heavy atom. The Kier molecular flexibility index (Phi) is 6.53. The maximum Gasteiger partial charge on any atom is 0.317 e. The summed E-state index contributed by atoms with van der Waals surface area (Å²) in [6, 6.07) is 9.92.